The van der Waals surface area contributed by atoms with E-state index < -0.39 is 0 Å². The number of hydrogen-bond donors (Lipinski definition) is 2. The van der Waals surface area contributed by atoms with Crippen molar-refractivity contribution < 1.29 is 9.53 Å². The molecule has 0 saturated heterocycles. The maximum Gasteiger partial charge on any atom is 0.251 e. The zero-order valence-electron chi connectivity index (χ0n) is 14.5. The lowest BCUT2D eigenvalue weighted by atomic mass is 10.1. The Labute approximate surface area is 142 Å². The van der Waals surface area contributed by atoms with Crippen LogP contribution in [0.25, 0.3) is 0 Å². The molecule has 2 aromatic heterocycles. The third kappa shape index (κ3) is 4.94. The van der Waals surface area contributed by atoms with Gasteiger partial charge < -0.3 is 15.4 Å². The first-order valence-corrected chi connectivity index (χ1v) is 8.03. The Morgan fingerprint density at radius 1 is 1.21 bits per heavy atom. The van der Waals surface area contributed by atoms with E-state index in [-0.39, 0.29) is 11.9 Å². The highest BCUT2D eigenvalue weighted by atomic mass is 16.5. The number of nitrogens with one attached hydrogen (secondary N) is 2. The summed E-state index contributed by atoms with van der Waals surface area (Å²) in [6.07, 6.45) is 3.33. The quantitative estimate of drug-likeness (QED) is 0.817. The predicted octanol–water partition coefficient (Wildman–Crippen LogP) is 3.04. The van der Waals surface area contributed by atoms with Crippen molar-refractivity contribution in [3.05, 3.63) is 47.8 Å². The van der Waals surface area contributed by atoms with Crippen molar-refractivity contribution in [1.82, 2.24) is 15.3 Å². The summed E-state index contributed by atoms with van der Waals surface area (Å²) in [4.78, 5) is 20.7. The van der Waals surface area contributed by atoms with Gasteiger partial charge in [0.1, 0.15) is 5.82 Å². The molecule has 0 aliphatic carbocycles. The Hall–Kier alpha value is -2.63. The summed E-state index contributed by atoms with van der Waals surface area (Å²) in [5, 5.41) is 5.88. The van der Waals surface area contributed by atoms with E-state index in [4.69, 9.17) is 4.74 Å². The number of aromatic nitrogens is 2. The summed E-state index contributed by atoms with van der Waals surface area (Å²) in [6, 6.07) is 6.98. The molecule has 1 unspecified atom stereocenters. The number of amides is 1. The van der Waals surface area contributed by atoms with Crippen LogP contribution in [0.5, 0.6) is 5.88 Å². The van der Waals surface area contributed by atoms with Crippen molar-refractivity contribution in [1.29, 1.82) is 0 Å². The monoisotopic (exact) mass is 328 g/mol. The first kappa shape index (κ1) is 17.7. The normalized spacial score (nSPS) is 11.9. The Balaban J connectivity index is 1.98. The van der Waals surface area contributed by atoms with Crippen LogP contribution in [0.15, 0.2) is 36.7 Å². The van der Waals surface area contributed by atoms with E-state index in [1.807, 2.05) is 19.1 Å². The lowest BCUT2D eigenvalue weighted by Crippen LogP contribution is -2.26. The fraction of sp³-hybridized carbons (Fsp3) is 0.389. The van der Waals surface area contributed by atoms with Crippen LogP contribution in [-0.2, 0) is 0 Å². The van der Waals surface area contributed by atoms with Gasteiger partial charge in [-0.2, -0.15) is 0 Å². The predicted molar refractivity (Wildman–Crippen MR) is 94.2 cm³/mol. The average molecular weight is 328 g/mol. The number of nitrogens with zero attached hydrogens (tertiary/aromatic N) is 2. The van der Waals surface area contributed by atoms with E-state index in [9.17, 15) is 4.79 Å². The number of rotatable bonds is 7. The Morgan fingerprint density at radius 3 is 2.62 bits per heavy atom. The van der Waals surface area contributed by atoms with Crippen LogP contribution in [0.4, 0.5) is 5.82 Å². The molecule has 0 saturated carbocycles. The third-order valence-electron chi connectivity index (χ3n) is 3.45. The van der Waals surface area contributed by atoms with Gasteiger partial charge in [-0.1, -0.05) is 19.9 Å². The van der Waals surface area contributed by atoms with E-state index in [0.717, 1.165) is 5.56 Å². The highest BCUT2D eigenvalue weighted by molar-refractivity contribution is 5.95. The second-order valence-electron chi connectivity index (χ2n) is 6.01. The number of pyridine rings is 2. The summed E-state index contributed by atoms with van der Waals surface area (Å²) in [5.74, 6) is 1.55. The highest BCUT2D eigenvalue weighted by Gasteiger charge is 2.12. The van der Waals surface area contributed by atoms with E-state index in [1.165, 1.54) is 0 Å². The van der Waals surface area contributed by atoms with Crippen molar-refractivity contribution in [2.45, 2.75) is 26.8 Å². The zero-order valence-corrected chi connectivity index (χ0v) is 14.5. The second kappa shape index (κ2) is 8.29. The smallest absolute Gasteiger partial charge is 0.251 e. The van der Waals surface area contributed by atoms with Gasteiger partial charge in [0.15, 0.2) is 0 Å². The standard InChI is InChI=1S/C18H24N4O2/c1-12(2)11-24-17-6-5-15(10-21-17)13(3)22-18(23)14-7-8-20-16(9-14)19-4/h5-10,12-13H,11H2,1-4H3,(H,19,20)(H,22,23). The summed E-state index contributed by atoms with van der Waals surface area (Å²) in [7, 11) is 1.77. The fourth-order valence-electron chi connectivity index (χ4n) is 2.06. The second-order valence-corrected chi connectivity index (χ2v) is 6.01. The minimum atomic E-state index is -0.157. The van der Waals surface area contributed by atoms with E-state index in [0.29, 0.717) is 29.8 Å². The maximum atomic E-state index is 12.3. The van der Waals surface area contributed by atoms with Crippen molar-refractivity contribution in [3.63, 3.8) is 0 Å². The van der Waals surface area contributed by atoms with Crippen molar-refractivity contribution in [2.24, 2.45) is 5.92 Å². The Bertz CT molecular complexity index is 671. The minimum absolute atomic E-state index is 0.151. The Kier molecular flexibility index (Phi) is 6.12. The molecular formula is C18H24N4O2. The third-order valence-corrected chi connectivity index (χ3v) is 3.45. The van der Waals surface area contributed by atoms with Crippen LogP contribution < -0.4 is 15.4 Å². The average Bonchev–Trinajstić information content (AvgIpc) is 2.60. The molecule has 2 aromatic rings. The summed E-state index contributed by atoms with van der Waals surface area (Å²) < 4.78 is 5.57. The molecule has 0 spiro atoms. The molecule has 2 heterocycles. The zero-order chi connectivity index (χ0) is 17.5. The number of anilines is 1. The van der Waals surface area contributed by atoms with Crippen molar-refractivity contribution in [3.8, 4) is 5.88 Å². The molecule has 0 fully saturated rings. The van der Waals surface area contributed by atoms with Gasteiger partial charge in [0, 0.05) is 31.1 Å². The van der Waals surface area contributed by atoms with Gasteiger partial charge in [0.05, 0.1) is 12.6 Å². The molecule has 0 bridgehead atoms. The number of carbonyl (C=O) groups is 1. The van der Waals surface area contributed by atoms with Gasteiger partial charge in [-0.05, 0) is 30.5 Å². The van der Waals surface area contributed by atoms with Crippen molar-refractivity contribution >= 4 is 11.7 Å². The van der Waals surface area contributed by atoms with E-state index >= 15 is 0 Å². The molecular weight excluding hydrogens is 304 g/mol. The molecule has 2 N–H and O–H groups in total. The molecule has 2 rings (SSSR count). The lowest BCUT2D eigenvalue weighted by Gasteiger charge is -2.15. The lowest BCUT2D eigenvalue weighted by molar-refractivity contribution is 0.0940. The fourth-order valence-corrected chi connectivity index (χ4v) is 2.06. The van der Waals surface area contributed by atoms with Gasteiger partial charge in [0.25, 0.3) is 5.91 Å². The van der Waals surface area contributed by atoms with Crippen molar-refractivity contribution in [2.75, 3.05) is 19.0 Å². The van der Waals surface area contributed by atoms with Gasteiger partial charge >= 0.3 is 0 Å². The van der Waals surface area contributed by atoms with Crippen LogP contribution in [0.2, 0.25) is 0 Å². The summed E-state index contributed by atoms with van der Waals surface area (Å²) in [5.41, 5.74) is 1.48. The van der Waals surface area contributed by atoms with Crippen LogP contribution in [0.1, 0.15) is 42.7 Å². The highest BCUT2D eigenvalue weighted by Crippen LogP contribution is 2.16. The van der Waals surface area contributed by atoms with E-state index in [2.05, 4.69) is 34.4 Å². The first-order chi connectivity index (χ1) is 11.5. The molecule has 128 valence electrons. The van der Waals surface area contributed by atoms with Gasteiger partial charge in [-0.25, -0.2) is 9.97 Å². The number of ether oxygens (including phenoxy) is 1. The molecule has 1 amide bonds. The largest absolute Gasteiger partial charge is 0.477 e. The minimum Gasteiger partial charge on any atom is -0.477 e. The van der Waals surface area contributed by atoms with Gasteiger partial charge in [-0.15, -0.1) is 0 Å². The molecule has 0 radical (unpaired) electrons. The van der Waals surface area contributed by atoms with Gasteiger partial charge in [-0.3, -0.25) is 4.79 Å². The van der Waals surface area contributed by atoms with Crippen LogP contribution in [0, 0.1) is 5.92 Å². The van der Waals surface area contributed by atoms with E-state index in [1.54, 1.807) is 31.6 Å². The molecule has 6 nitrogen and oxygen atoms in total. The van der Waals surface area contributed by atoms with Crippen LogP contribution >= 0.6 is 0 Å². The van der Waals surface area contributed by atoms with Crippen LogP contribution in [-0.4, -0.2) is 29.5 Å². The molecule has 24 heavy (non-hydrogen) atoms. The number of carbonyl (C=O) groups excluding carboxylic acids is 1. The number of hydrogen-bond acceptors (Lipinski definition) is 5. The SMILES string of the molecule is CNc1cc(C(=O)NC(C)c2ccc(OCC(C)C)nc2)ccn1. The van der Waals surface area contributed by atoms with Crippen LogP contribution in [0.3, 0.4) is 0 Å². The summed E-state index contributed by atoms with van der Waals surface area (Å²) in [6.45, 7) is 6.73. The molecule has 0 aliphatic heterocycles. The Morgan fingerprint density at radius 2 is 2.00 bits per heavy atom. The first-order valence-electron chi connectivity index (χ1n) is 8.03. The molecule has 0 aliphatic rings. The maximum absolute atomic E-state index is 12.3. The summed E-state index contributed by atoms with van der Waals surface area (Å²) >= 11 is 0. The molecule has 1 atom stereocenters. The van der Waals surface area contributed by atoms with Gasteiger partial charge in [0.2, 0.25) is 5.88 Å². The molecule has 6 heteroatoms. The molecule has 0 aromatic carbocycles. The topological polar surface area (TPSA) is 76.1 Å².